The molecule has 12 heavy (non-hydrogen) atoms. The molecule has 1 aliphatic heterocycles. The Bertz CT molecular complexity index is 176. The molecule has 0 saturated carbocycles. The van der Waals surface area contributed by atoms with Crippen LogP contribution in [-0.2, 0) is 4.74 Å². The molecule has 2 unspecified atom stereocenters. The minimum absolute atomic E-state index is 0.0336. The van der Waals surface area contributed by atoms with Gasteiger partial charge in [0.2, 0.25) is 0 Å². The molecule has 1 aliphatic rings. The quantitative estimate of drug-likeness (QED) is 0.617. The molecule has 0 spiro atoms. The van der Waals surface area contributed by atoms with E-state index in [-0.39, 0.29) is 6.04 Å². The summed E-state index contributed by atoms with van der Waals surface area (Å²) in [6.45, 7) is 6.54. The first-order valence-electron chi connectivity index (χ1n) is 4.52. The van der Waals surface area contributed by atoms with E-state index >= 15 is 0 Å². The SMILES string of the molecule is CCC(C)N1CCOCC1C#N. The van der Waals surface area contributed by atoms with E-state index in [0.717, 1.165) is 19.6 Å². The van der Waals surface area contributed by atoms with Gasteiger partial charge in [-0.15, -0.1) is 0 Å². The van der Waals surface area contributed by atoms with E-state index in [2.05, 4.69) is 24.8 Å². The molecule has 0 radical (unpaired) electrons. The summed E-state index contributed by atoms with van der Waals surface area (Å²) >= 11 is 0. The molecule has 0 aromatic heterocycles. The first kappa shape index (κ1) is 9.50. The summed E-state index contributed by atoms with van der Waals surface area (Å²) in [5.41, 5.74) is 0. The van der Waals surface area contributed by atoms with E-state index in [9.17, 15) is 0 Å². The Kier molecular flexibility index (Phi) is 3.51. The number of ether oxygens (including phenoxy) is 1. The zero-order chi connectivity index (χ0) is 8.97. The highest BCUT2D eigenvalue weighted by molar-refractivity contribution is 4.95. The third-order valence-corrected chi connectivity index (χ3v) is 2.48. The van der Waals surface area contributed by atoms with Crippen LogP contribution in [0.1, 0.15) is 20.3 Å². The average Bonchev–Trinajstić information content (AvgIpc) is 2.16. The Morgan fingerprint density at radius 1 is 1.75 bits per heavy atom. The Labute approximate surface area is 73.9 Å². The maximum atomic E-state index is 8.83. The van der Waals surface area contributed by atoms with Gasteiger partial charge in [-0.1, -0.05) is 6.92 Å². The van der Waals surface area contributed by atoms with Crippen LogP contribution in [0.4, 0.5) is 0 Å². The van der Waals surface area contributed by atoms with Crippen LogP contribution < -0.4 is 0 Å². The molecule has 0 aromatic carbocycles. The molecule has 0 aliphatic carbocycles. The Hall–Kier alpha value is -0.590. The topological polar surface area (TPSA) is 36.3 Å². The molecule has 68 valence electrons. The molecule has 1 fully saturated rings. The van der Waals surface area contributed by atoms with Crippen molar-refractivity contribution >= 4 is 0 Å². The lowest BCUT2D eigenvalue weighted by Crippen LogP contribution is -2.48. The molecule has 3 nitrogen and oxygen atoms in total. The lowest BCUT2D eigenvalue weighted by molar-refractivity contribution is -0.00582. The third-order valence-electron chi connectivity index (χ3n) is 2.48. The van der Waals surface area contributed by atoms with Crippen molar-refractivity contribution in [1.82, 2.24) is 4.90 Å². The van der Waals surface area contributed by atoms with Crippen molar-refractivity contribution in [3.63, 3.8) is 0 Å². The molecule has 3 heteroatoms. The van der Waals surface area contributed by atoms with E-state index < -0.39 is 0 Å². The van der Waals surface area contributed by atoms with Crippen LogP contribution in [0.15, 0.2) is 0 Å². The van der Waals surface area contributed by atoms with Gasteiger partial charge in [0.05, 0.1) is 19.3 Å². The molecule has 0 N–H and O–H groups in total. The summed E-state index contributed by atoms with van der Waals surface area (Å²) in [6, 6.07) is 2.74. The molecule has 2 atom stereocenters. The van der Waals surface area contributed by atoms with Crippen molar-refractivity contribution < 1.29 is 4.74 Å². The van der Waals surface area contributed by atoms with Gasteiger partial charge in [-0.3, -0.25) is 4.90 Å². The van der Waals surface area contributed by atoms with Crippen molar-refractivity contribution in [2.45, 2.75) is 32.4 Å². The van der Waals surface area contributed by atoms with E-state index in [0.29, 0.717) is 12.6 Å². The number of nitrogens with zero attached hydrogens (tertiary/aromatic N) is 2. The van der Waals surface area contributed by atoms with Gasteiger partial charge in [0, 0.05) is 12.6 Å². The van der Waals surface area contributed by atoms with Crippen LogP contribution in [0.2, 0.25) is 0 Å². The van der Waals surface area contributed by atoms with Crippen molar-refractivity contribution in [2.75, 3.05) is 19.8 Å². The summed E-state index contributed by atoms with van der Waals surface area (Å²) in [5, 5.41) is 8.83. The van der Waals surface area contributed by atoms with Crippen LogP contribution in [0, 0.1) is 11.3 Å². The van der Waals surface area contributed by atoms with Gasteiger partial charge in [-0.05, 0) is 13.3 Å². The van der Waals surface area contributed by atoms with Gasteiger partial charge in [-0.25, -0.2) is 0 Å². The standard InChI is InChI=1S/C9H16N2O/c1-3-8(2)11-4-5-12-7-9(11)6-10/h8-9H,3-5,7H2,1-2H3. The third kappa shape index (κ3) is 1.96. The molecule has 1 heterocycles. The van der Waals surface area contributed by atoms with Crippen LogP contribution in [0.5, 0.6) is 0 Å². The molecular weight excluding hydrogens is 152 g/mol. The van der Waals surface area contributed by atoms with Crippen molar-refractivity contribution in [1.29, 1.82) is 5.26 Å². The van der Waals surface area contributed by atoms with Gasteiger partial charge < -0.3 is 4.74 Å². The maximum absolute atomic E-state index is 8.83. The first-order chi connectivity index (χ1) is 5.79. The maximum Gasteiger partial charge on any atom is 0.122 e. The van der Waals surface area contributed by atoms with Gasteiger partial charge in [-0.2, -0.15) is 5.26 Å². The van der Waals surface area contributed by atoms with Crippen LogP contribution in [0.25, 0.3) is 0 Å². The second-order valence-electron chi connectivity index (χ2n) is 3.21. The van der Waals surface area contributed by atoms with Crippen LogP contribution in [0.3, 0.4) is 0 Å². The molecule has 0 bridgehead atoms. The molecule has 1 saturated heterocycles. The van der Waals surface area contributed by atoms with E-state index in [1.807, 2.05) is 0 Å². The van der Waals surface area contributed by atoms with Gasteiger partial charge in [0.15, 0.2) is 0 Å². The molecular formula is C9H16N2O. The van der Waals surface area contributed by atoms with E-state index in [1.165, 1.54) is 0 Å². The van der Waals surface area contributed by atoms with Crippen LogP contribution >= 0.6 is 0 Å². The Balaban J connectivity index is 2.53. The smallest absolute Gasteiger partial charge is 0.122 e. The lowest BCUT2D eigenvalue weighted by Gasteiger charge is -2.35. The highest BCUT2D eigenvalue weighted by Gasteiger charge is 2.25. The highest BCUT2D eigenvalue weighted by Crippen LogP contribution is 2.12. The fraction of sp³-hybridized carbons (Fsp3) is 0.889. The Morgan fingerprint density at radius 2 is 2.50 bits per heavy atom. The average molecular weight is 168 g/mol. The largest absolute Gasteiger partial charge is 0.377 e. The zero-order valence-corrected chi connectivity index (χ0v) is 7.79. The second kappa shape index (κ2) is 4.44. The molecule has 0 amide bonds. The number of hydrogen-bond acceptors (Lipinski definition) is 3. The molecule has 1 rings (SSSR count). The summed E-state index contributed by atoms with van der Waals surface area (Å²) in [7, 11) is 0. The van der Waals surface area contributed by atoms with Crippen molar-refractivity contribution in [3.8, 4) is 6.07 Å². The predicted molar refractivity (Wildman–Crippen MR) is 46.7 cm³/mol. The predicted octanol–water partition coefficient (Wildman–Crippen LogP) is 1.01. The minimum atomic E-state index is -0.0336. The first-order valence-corrected chi connectivity index (χ1v) is 4.52. The fourth-order valence-corrected chi connectivity index (χ4v) is 1.49. The minimum Gasteiger partial charge on any atom is -0.377 e. The lowest BCUT2D eigenvalue weighted by atomic mass is 10.1. The van der Waals surface area contributed by atoms with E-state index in [4.69, 9.17) is 10.00 Å². The van der Waals surface area contributed by atoms with Crippen molar-refractivity contribution in [2.24, 2.45) is 0 Å². The number of morpholine rings is 1. The number of rotatable bonds is 2. The summed E-state index contributed by atoms with van der Waals surface area (Å²) < 4.78 is 5.23. The summed E-state index contributed by atoms with van der Waals surface area (Å²) in [5.74, 6) is 0. The van der Waals surface area contributed by atoms with Crippen LogP contribution in [-0.4, -0.2) is 36.7 Å². The monoisotopic (exact) mass is 168 g/mol. The summed E-state index contributed by atoms with van der Waals surface area (Å²) in [4.78, 5) is 2.23. The fourth-order valence-electron chi connectivity index (χ4n) is 1.49. The van der Waals surface area contributed by atoms with Gasteiger partial charge in [0.1, 0.15) is 6.04 Å². The second-order valence-corrected chi connectivity index (χ2v) is 3.21. The summed E-state index contributed by atoms with van der Waals surface area (Å²) in [6.07, 6.45) is 1.10. The highest BCUT2D eigenvalue weighted by atomic mass is 16.5. The molecule has 0 aromatic rings. The van der Waals surface area contributed by atoms with E-state index in [1.54, 1.807) is 0 Å². The van der Waals surface area contributed by atoms with Crippen molar-refractivity contribution in [3.05, 3.63) is 0 Å². The number of nitriles is 1. The van der Waals surface area contributed by atoms with Gasteiger partial charge in [0.25, 0.3) is 0 Å². The van der Waals surface area contributed by atoms with Gasteiger partial charge >= 0.3 is 0 Å². The zero-order valence-electron chi connectivity index (χ0n) is 7.79. The Morgan fingerprint density at radius 3 is 3.08 bits per heavy atom. The number of hydrogen-bond donors (Lipinski definition) is 0. The normalized spacial score (nSPS) is 27.9.